The number of aryl methyl sites for hydroxylation is 1. The molecule has 3 heterocycles. The second-order valence-electron chi connectivity index (χ2n) is 5.14. The quantitative estimate of drug-likeness (QED) is 0.831. The Bertz CT molecular complexity index is 731. The molecule has 0 aromatic carbocycles. The van der Waals surface area contributed by atoms with Crippen molar-refractivity contribution in [3.8, 4) is 0 Å². The van der Waals surface area contributed by atoms with Crippen LogP contribution in [0.25, 0.3) is 0 Å². The van der Waals surface area contributed by atoms with E-state index in [1.807, 2.05) is 12.1 Å². The lowest BCUT2D eigenvalue weighted by Gasteiger charge is -2.15. The Hall–Kier alpha value is -1.35. The first-order valence-electron chi connectivity index (χ1n) is 6.99. The van der Waals surface area contributed by atoms with Crippen molar-refractivity contribution in [2.75, 3.05) is 13.1 Å². The van der Waals surface area contributed by atoms with Gasteiger partial charge in [-0.05, 0) is 31.0 Å². The Morgan fingerprint density at radius 3 is 2.86 bits per heavy atom. The van der Waals surface area contributed by atoms with E-state index in [0.717, 1.165) is 10.6 Å². The molecule has 3 rings (SSSR count). The smallest absolute Gasteiger partial charge is 0.254 e. The van der Waals surface area contributed by atoms with Gasteiger partial charge >= 0.3 is 0 Å². The van der Waals surface area contributed by atoms with Crippen molar-refractivity contribution in [1.29, 1.82) is 0 Å². The van der Waals surface area contributed by atoms with Crippen LogP contribution >= 0.6 is 11.3 Å². The Balaban J connectivity index is 1.60. The fourth-order valence-electron chi connectivity index (χ4n) is 2.33. The third-order valence-electron chi connectivity index (χ3n) is 3.54. The average molecular weight is 339 g/mol. The molecule has 22 heavy (non-hydrogen) atoms. The number of hydrogen-bond donors (Lipinski definition) is 0. The molecule has 6 nitrogen and oxygen atoms in total. The zero-order valence-electron chi connectivity index (χ0n) is 12.2. The van der Waals surface area contributed by atoms with Crippen LogP contribution in [0, 0.1) is 6.92 Å². The van der Waals surface area contributed by atoms with Crippen LogP contribution in [-0.4, -0.2) is 41.9 Å². The highest BCUT2D eigenvalue weighted by molar-refractivity contribution is 7.91. The SMILES string of the molecule is Cc1ncc(S(=O)(=O)N2CCC(OCc3ccncc3)C2)s1. The predicted molar refractivity (Wildman–Crippen MR) is 83.0 cm³/mol. The summed E-state index contributed by atoms with van der Waals surface area (Å²) in [6.07, 6.45) is 5.51. The van der Waals surface area contributed by atoms with E-state index in [1.165, 1.54) is 21.8 Å². The normalized spacial score (nSPS) is 19.6. The molecule has 2 aromatic rings. The summed E-state index contributed by atoms with van der Waals surface area (Å²) >= 11 is 1.20. The zero-order chi connectivity index (χ0) is 15.6. The van der Waals surface area contributed by atoms with E-state index in [1.54, 1.807) is 19.3 Å². The molecule has 1 unspecified atom stereocenters. The Morgan fingerprint density at radius 1 is 1.41 bits per heavy atom. The lowest BCUT2D eigenvalue weighted by molar-refractivity contribution is 0.0508. The zero-order valence-corrected chi connectivity index (χ0v) is 13.8. The van der Waals surface area contributed by atoms with E-state index >= 15 is 0 Å². The summed E-state index contributed by atoms with van der Waals surface area (Å²) in [5, 5.41) is 0.753. The third kappa shape index (κ3) is 3.35. The molecular weight excluding hydrogens is 322 g/mol. The van der Waals surface area contributed by atoms with Crippen LogP contribution in [0.4, 0.5) is 0 Å². The fourth-order valence-corrected chi connectivity index (χ4v) is 5.08. The van der Waals surface area contributed by atoms with Crippen molar-refractivity contribution in [1.82, 2.24) is 14.3 Å². The molecule has 0 bridgehead atoms. The van der Waals surface area contributed by atoms with Crippen LogP contribution < -0.4 is 0 Å². The van der Waals surface area contributed by atoms with Gasteiger partial charge in [0, 0.05) is 25.5 Å². The van der Waals surface area contributed by atoms with Crippen molar-refractivity contribution in [2.45, 2.75) is 30.3 Å². The number of aromatic nitrogens is 2. The second kappa shape index (κ2) is 6.41. The first-order chi connectivity index (χ1) is 10.6. The summed E-state index contributed by atoms with van der Waals surface area (Å²) in [6, 6.07) is 3.78. The van der Waals surface area contributed by atoms with Gasteiger partial charge in [0.25, 0.3) is 10.0 Å². The van der Waals surface area contributed by atoms with Crippen molar-refractivity contribution in [3.05, 3.63) is 41.3 Å². The van der Waals surface area contributed by atoms with Crippen LogP contribution in [0.5, 0.6) is 0 Å². The molecule has 1 saturated heterocycles. The molecule has 0 saturated carbocycles. The third-order valence-corrected chi connectivity index (χ3v) is 6.75. The number of thiazole rings is 1. The number of sulfonamides is 1. The van der Waals surface area contributed by atoms with Gasteiger partial charge in [-0.3, -0.25) is 4.98 Å². The highest BCUT2D eigenvalue weighted by atomic mass is 32.2. The van der Waals surface area contributed by atoms with Gasteiger partial charge < -0.3 is 4.74 Å². The molecular formula is C14H17N3O3S2. The first-order valence-corrected chi connectivity index (χ1v) is 9.24. The molecule has 1 fully saturated rings. The highest BCUT2D eigenvalue weighted by Crippen LogP contribution is 2.26. The Morgan fingerprint density at radius 2 is 2.18 bits per heavy atom. The van der Waals surface area contributed by atoms with Crippen LogP contribution in [0.3, 0.4) is 0 Å². The minimum absolute atomic E-state index is 0.0723. The topological polar surface area (TPSA) is 72.4 Å². The Kier molecular flexibility index (Phi) is 4.53. The van der Waals surface area contributed by atoms with Gasteiger partial charge in [-0.25, -0.2) is 13.4 Å². The Labute approximate surface area is 133 Å². The van der Waals surface area contributed by atoms with Crippen LogP contribution in [0.15, 0.2) is 34.9 Å². The summed E-state index contributed by atoms with van der Waals surface area (Å²) in [5.74, 6) is 0. The maximum Gasteiger partial charge on any atom is 0.254 e. The molecule has 2 aromatic heterocycles. The predicted octanol–water partition coefficient (Wildman–Crippen LogP) is 1.83. The maximum absolute atomic E-state index is 12.5. The maximum atomic E-state index is 12.5. The van der Waals surface area contributed by atoms with Gasteiger partial charge in [-0.1, -0.05) is 0 Å². The monoisotopic (exact) mass is 339 g/mol. The molecule has 0 N–H and O–H groups in total. The molecule has 0 radical (unpaired) electrons. The standard InChI is InChI=1S/C14H17N3O3S2/c1-11-16-8-14(21-11)22(18,19)17-7-4-13(9-17)20-10-12-2-5-15-6-3-12/h2-3,5-6,8,13H,4,7,9-10H2,1H3. The van der Waals surface area contributed by atoms with Crippen molar-refractivity contribution in [3.63, 3.8) is 0 Å². The van der Waals surface area contributed by atoms with E-state index < -0.39 is 10.0 Å². The molecule has 0 spiro atoms. The van der Waals surface area contributed by atoms with Gasteiger partial charge in [0.1, 0.15) is 0 Å². The van der Waals surface area contributed by atoms with E-state index in [9.17, 15) is 8.42 Å². The average Bonchev–Trinajstić information content (AvgIpc) is 3.16. The summed E-state index contributed by atoms with van der Waals surface area (Å²) in [6.45, 7) is 3.15. The lowest BCUT2D eigenvalue weighted by Crippen LogP contribution is -2.29. The van der Waals surface area contributed by atoms with Crippen molar-refractivity contribution >= 4 is 21.4 Å². The summed E-state index contributed by atoms with van der Waals surface area (Å²) in [4.78, 5) is 7.98. The molecule has 0 aliphatic carbocycles. The van der Waals surface area contributed by atoms with E-state index in [4.69, 9.17) is 4.74 Å². The van der Waals surface area contributed by atoms with E-state index in [2.05, 4.69) is 9.97 Å². The van der Waals surface area contributed by atoms with Gasteiger partial charge in [0.15, 0.2) is 4.21 Å². The second-order valence-corrected chi connectivity index (χ2v) is 8.54. The lowest BCUT2D eigenvalue weighted by atomic mass is 10.3. The molecule has 0 amide bonds. The van der Waals surface area contributed by atoms with Crippen LogP contribution in [0.2, 0.25) is 0 Å². The van der Waals surface area contributed by atoms with Crippen LogP contribution in [-0.2, 0) is 21.4 Å². The van der Waals surface area contributed by atoms with Crippen LogP contribution in [0.1, 0.15) is 17.0 Å². The minimum Gasteiger partial charge on any atom is -0.372 e. The molecule has 1 aliphatic rings. The number of hydrogen-bond acceptors (Lipinski definition) is 6. The molecule has 1 atom stereocenters. The van der Waals surface area contributed by atoms with Gasteiger partial charge in [-0.15, -0.1) is 11.3 Å². The number of rotatable bonds is 5. The van der Waals surface area contributed by atoms with Gasteiger partial charge in [0.2, 0.25) is 0 Å². The van der Waals surface area contributed by atoms with Crippen molar-refractivity contribution in [2.24, 2.45) is 0 Å². The largest absolute Gasteiger partial charge is 0.372 e. The van der Waals surface area contributed by atoms with E-state index in [-0.39, 0.29) is 6.10 Å². The number of ether oxygens (including phenoxy) is 1. The highest BCUT2D eigenvalue weighted by Gasteiger charge is 2.34. The molecule has 8 heteroatoms. The summed E-state index contributed by atoms with van der Waals surface area (Å²) < 4.78 is 32.6. The molecule has 118 valence electrons. The summed E-state index contributed by atoms with van der Waals surface area (Å²) in [5.41, 5.74) is 1.04. The number of nitrogens with zero attached hydrogens (tertiary/aromatic N) is 3. The molecule has 1 aliphatic heterocycles. The number of pyridine rings is 1. The first kappa shape index (κ1) is 15.5. The van der Waals surface area contributed by atoms with Crippen molar-refractivity contribution < 1.29 is 13.2 Å². The van der Waals surface area contributed by atoms with Gasteiger partial charge in [0.05, 0.1) is 23.9 Å². The summed E-state index contributed by atoms with van der Waals surface area (Å²) in [7, 11) is -3.43. The van der Waals surface area contributed by atoms with E-state index in [0.29, 0.717) is 30.3 Å². The van der Waals surface area contributed by atoms with Gasteiger partial charge in [-0.2, -0.15) is 4.31 Å². The minimum atomic E-state index is -3.43. The fraction of sp³-hybridized carbons (Fsp3) is 0.429.